The molecule has 13 heavy (non-hydrogen) atoms. The molecule has 3 nitrogen and oxygen atoms in total. The van der Waals surface area contributed by atoms with Crippen molar-refractivity contribution >= 4 is 17.5 Å². The summed E-state index contributed by atoms with van der Waals surface area (Å²) in [5.74, 6) is 0. The van der Waals surface area contributed by atoms with Gasteiger partial charge in [-0.15, -0.1) is 0 Å². The highest BCUT2D eigenvalue weighted by molar-refractivity contribution is 5.78. The second-order valence-electron chi connectivity index (χ2n) is 3.60. The Morgan fingerprint density at radius 3 is 2.46 bits per heavy atom. The lowest BCUT2D eigenvalue weighted by molar-refractivity contribution is -0.109. The summed E-state index contributed by atoms with van der Waals surface area (Å²) >= 11 is 0. The van der Waals surface area contributed by atoms with Gasteiger partial charge in [0.2, 0.25) is 11.2 Å². The Labute approximate surface area is 74.2 Å². The molecule has 0 atom stereocenters. The van der Waals surface area contributed by atoms with E-state index in [1.165, 1.54) is 0 Å². The van der Waals surface area contributed by atoms with Gasteiger partial charge in [0.25, 0.3) is 0 Å². The standard InChI is InChI=1S/C10H8O3/c11-6-10(3-4-10)7-1-2-8-9(5-7)13-12-8/h1-2,5-6H,3-4H2. The highest BCUT2D eigenvalue weighted by atomic mass is 17.0. The maximum Gasteiger partial charge on any atom is 0.226 e. The molecule has 0 spiro atoms. The molecule has 2 aromatic rings. The van der Waals surface area contributed by atoms with E-state index < -0.39 is 0 Å². The molecule has 0 aliphatic heterocycles. The predicted molar refractivity (Wildman–Crippen MR) is 45.5 cm³/mol. The zero-order valence-corrected chi connectivity index (χ0v) is 6.95. The molecule has 1 aliphatic rings. The van der Waals surface area contributed by atoms with Gasteiger partial charge in [-0.3, -0.25) is 9.15 Å². The minimum atomic E-state index is -0.214. The molecule has 0 radical (unpaired) electrons. The molecule has 1 aromatic heterocycles. The van der Waals surface area contributed by atoms with Crippen molar-refractivity contribution in [2.75, 3.05) is 0 Å². The molecule has 1 fully saturated rings. The van der Waals surface area contributed by atoms with Gasteiger partial charge in [0.05, 0.1) is 5.41 Å². The van der Waals surface area contributed by atoms with Crippen LogP contribution in [0.1, 0.15) is 18.4 Å². The Morgan fingerprint density at radius 1 is 1.23 bits per heavy atom. The average molecular weight is 176 g/mol. The number of hydrogen-bond donors (Lipinski definition) is 0. The molecule has 66 valence electrons. The van der Waals surface area contributed by atoms with Gasteiger partial charge >= 0.3 is 0 Å². The van der Waals surface area contributed by atoms with Gasteiger partial charge in [0, 0.05) is 0 Å². The van der Waals surface area contributed by atoms with Gasteiger partial charge in [-0.25, -0.2) is 0 Å². The predicted octanol–water partition coefficient (Wildman–Crippen LogP) is 2.26. The molecule has 3 heteroatoms. The van der Waals surface area contributed by atoms with Crippen molar-refractivity contribution in [2.24, 2.45) is 0 Å². The van der Waals surface area contributed by atoms with E-state index in [0.29, 0.717) is 0 Å². The number of carbonyl (C=O) groups is 1. The topological polar surface area (TPSA) is 43.4 Å². The van der Waals surface area contributed by atoms with E-state index in [4.69, 9.17) is 9.15 Å². The highest BCUT2D eigenvalue weighted by Gasteiger charge is 2.44. The Hall–Kier alpha value is -1.51. The van der Waals surface area contributed by atoms with Gasteiger partial charge < -0.3 is 4.79 Å². The van der Waals surface area contributed by atoms with Crippen LogP contribution in [0.3, 0.4) is 0 Å². The van der Waals surface area contributed by atoms with Crippen LogP contribution in [-0.4, -0.2) is 6.29 Å². The number of hydrogen-bond acceptors (Lipinski definition) is 3. The van der Waals surface area contributed by atoms with Crippen LogP contribution in [0, 0.1) is 0 Å². The SMILES string of the molecule is O=CC1(c2ccc3ooc3c2)CC1. The summed E-state index contributed by atoms with van der Waals surface area (Å²) in [6.07, 6.45) is 2.94. The first kappa shape index (κ1) is 6.95. The van der Waals surface area contributed by atoms with Crippen molar-refractivity contribution in [1.82, 2.24) is 0 Å². The normalized spacial score (nSPS) is 19.1. The molecule has 1 aliphatic carbocycles. The largest absolute Gasteiger partial charge is 0.302 e. The monoisotopic (exact) mass is 176 g/mol. The molecule has 0 bridgehead atoms. The summed E-state index contributed by atoms with van der Waals surface area (Å²) in [5, 5.41) is 0. The maximum absolute atomic E-state index is 10.8. The van der Waals surface area contributed by atoms with Crippen LogP contribution in [0.2, 0.25) is 0 Å². The summed E-state index contributed by atoms with van der Waals surface area (Å²) in [5.41, 5.74) is 2.33. The van der Waals surface area contributed by atoms with Crippen LogP contribution in [0.4, 0.5) is 0 Å². The second kappa shape index (κ2) is 2.05. The third-order valence-electron chi connectivity index (χ3n) is 2.75. The minimum absolute atomic E-state index is 0.214. The van der Waals surface area contributed by atoms with E-state index in [0.717, 1.165) is 35.9 Å². The van der Waals surface area contributed by atoms with Crippen molar-refractivity contribution in [3.8, 4) is 0 Å². The molecule has 0 amide bonds. The zero-order valence-electron chi connectivity index (χ0n) is 6.95. The van der Waals surface area contributed by atoms with E-state index >= 15 is 0 Å². The molecule has 0 saturated heterocycles. The Kier molecular flexibility index (Phi) is 1.09. The Morgan fingerprint density at radius 2 is 2.00 bits per heavy atom. The lowest BCUT2D eigenvalue weighted by Gasteiger charge is -2.07. The number of benzene rings is 1. The molecule has 1 heterocycles. The van der Waals surface area contributed by atoms with E-state index in [1.807, 2.05) is 18.2 Å². The van der Waals surface area contributed by atoms with Crippen molar-refractivity contribution in [3.05, 3.63) is 23.8 Å². The fourth-order valence-corrected chi connectivity index (χ4v) is 1.62. The molecule has 0 N–H and O–H groups in total. The van der Waals surface area contributed by atoms with Crippen LogP contribution < -0.4 is 0 Å². The third kappa shape index (κ3) is 0.813. The van der Waals surface area contributed by atoms with Gasteiger partial charge in [-0.05, 0) is 30.5 Å². The highest BCUT2D eigenvalue weighted by Crippen LogP contribution is 2.46. The van der Waals surface area contributed by atoms with Crippen molar-refractivity contribution in [3.63, 3.8) is 0 Å². The number of aldehydes is 1. The van der Waals surface area contributed by atoms with E-state index in [-0.39, 0.29) is 5.41 Å². The Bertz CT molecular complexity index is 459. The summed E-state index contributed by atoms with van der Waals surface area (Å²) in [6.45, 7) is 0. The average Bonchev–Trinajstić information content (AvgIpc) is 2.88. The Balaban J connectivity index is 2.13. The first-order valence-electron chi connectivity index (χ1n) is 4.29. The molecule has 1 aromatic carbocycles. The van der Waals surface area contributed by atoms with E-state index in [1.54, 1.807) is 0 Å². The van der Waals surface area contributed by atoms with Crippen molar-refractivity contribution < 1.29 is 13.9 Å². The fourth-order valence-electron chi connectivity index (χ4n) is 1.62. The number of rotatable bonds is 2. The van der Waals surface area contributed by atoms with Gasteiger partial charge in [-0.2, -0.15) is 0 Å². The second-order valence-corrected chi connectivity index (χ2v) is 3.60. The van der Waals surface area contributed by atoms with Crippen molar-refractivity contribution in [1.29, 1.82) is 0 Å². The number of fused-ring (bicyclic) bond motifs is 1. The third-order valence-corrected chi connectivity index (χ3v) is 2.75. The van der Waals surface area contributed by atoms with Crippen LogP contribution in [-0.2, 0) is 10.2 Å². The van der Waals surface area contributed by atoms with E-state index in [9.17, 15) is 4.79 Å². The van der Waals surface area contributed by atoms with Crippen LogP contribution in [0.5, 0.6) is 0 Å². The van der Waals surface area contributed by atoms with Crippen LogP contribution in [0.25, 0.3) is 11.2 Å². The molecule has 0 unspecified atom stereocenters. The molecule has 1 saturated carbocycles. The molecule has 3 rings (SSSR count). The van der Waals surface area contributed by atoms with Crippen LogP contribution in [0.15, 0.2) is 27.4 Å². The summed E-state index contributed by atoms with van der Waals surface area (Å²) in [4.78, 5) is 10.8. The van der Waals surface area contributed by atoms with Gasteiger partial charge in [0.15, 0.2) is 0 Å². The first-order chi connectivity index (χ1) is 6.34. The summed E-state index contributed by atoms with van der Waals surface area (Å²) in [6, 6.07) is 5.67. The lowest BCUT2D eigenvalue weighted by Crippen LogP contribution is -2.07. The minimum Gasteiger partial charge on any atom is -0.302 e. The van der Waals surface area contributed by atoms with Gasteiger partial charge in [-0.1, -0.05) is 6.07 Å². The van der Waals surface area contributed by atoms with E-state index in [2.05, 4.69) is 0 Å². The lowest BCUT2D eigenvalue weighted by atomic mass is 9.98. The maximum atomic E-state index is 10.8. The van der Waals surface area contributed by atoms with Gasteiger partial charge in [0.1, 0.15) is 6.29 Å². The molecular formula is C10H8O3. The summed E-state index contributed by atoms with van der Waals surface area (Å²) < 4.78 is 9.48. The number of carbonyl (C=O) groups excluding carboxylic acids is 1. The van der Waals surface area contributed by atoms with Crippen LogP contribution >= 0.6 is 0 Å². The summed E-state index contributed by atoms with van der Waals surface area (Å²) in [7, 11) is 0. The van der Waals surface area contributed by atoms with Crippen molar-refractivity contribution in [2.45, 2.75) is 18.3 Å². The fraction of sp³-hybridized carbons (Fsp3) is 0.300. The zero-order chi connectivity index (χ0) is 8.89. The first-order valence-corrected chi connectivity index (χ1v) is 4.29. The quantitative estimate of drug-likeness (QED) is 0.520. The molecular weight excluding hydrogens is 168 g/mol. The smallest absolute Gasteiger partial charge is 0.226 e.